The summed E-state index contributed by atoms with van der Waals surface area (Å²) in [5.41, 5.74) is 0.952. The van der Waals surface area contributed by atoms with Gasteiger partial charge in [-0.15, -0.1) is 11.3 Å². The van der Waals surface area contributed by atoms with E-state index in [0.29, 0.717) is 29.4 Å². The zero-order chi connectivity index (χ0) is 15.2. The Kier molecular flexibility index (Phi) is 4.94. The second-order valence-electron chi connectivity index (χ2n) is 4.35. The first-order valence-electron chi connectivity index (χ1n) is 6.27. The van der Waals surface area contributed by atoms with Crippen LogP contribution in [0.2, 0.25) is 0 Å². The van der Waals surface area contributed by atoms with Crippen LogP contribution in [0.3, 0.4) is 0 Å². The Bertz CT molecular complexity index is 629. The number of aliphatic carboxylic acids is 1. The fourth-order valence-electron chi connectivity index (χ4n) is 1.66. The monoisotopic (exact) mass is 306 g/mol. The van der Waals surface area contributed by atoms with Gasteiger partial charge in [-0.3, -0.25) is 19.6 Å². The molecular weight excluding hydrogens is 292 g/mol. The number of thiazole rings is 1. The molecule has 0 aliphatic carbocycles. The third-order valence-electron chi connectivity index (χ3n) is 2.74. The highest BCUT2D eigenvalue weighted by Crippen LogP contribution is 2.21. The van der Waals surface area contributed by atoms with Crippen molar-refractivity contribution in [2.45, 2.75) is 12.8 Å². The van der Waals surface area contributed by atoms with Gasteiger partial charge >= 0.3 is 5.97 Å². The van der Waals surface area contributed by atoms with Crippen molar-refractivity contribution in [1.29, 1.82) is 0 Å². The average Bonchev–Trinajstić information content (AvgIpc) is 2.96. The lowest BCUT2D eigenvalue weighted by Crippen LogP contribution is -2.28. The molecule has 2 aromatic rings. The molecule has 21 heavy (non-hydrogen) atoms. The lowest BCUT2D eigenvalue weighted by Gasteiger charge is -2.14. The maximum Gasteiger partial charge on any atom is 0.303 e. The van der Waals surface area contributed by atoms with Gasteiger partial charge in [-0.1, -0.05) is 0 Å². The SMILES string of the molecule is CN(CCCC(=O)O)C(=O)c1csc(-c2cnccn2)n1. The summed E-state index contributed by atoms with van der Waals surface area (Å²) in [6.45, 7) is 0.378. The third-order valence-corrected chi connectivity index (χ3v) is 3.60. The van der Waals surface area contributed by atoms with E-state index in [2.05, 4.69) is 15.0 Å². The van der Waals surface area contributed by atoms with Gasteiger partial charge < -0.3 is 10.0 Å². The summed E-state index contributed by atoms with van der Waals surface area (Å²) in [5.74, 6) is -1.10. The highest BCUT2D eigenvalue weighted by atomic mass is 32.1. The Morgan fingerprint density at radius 1 is 1.38 bits per heavy atom. The normalized spacial score (nSPS) is 10.3. The summed E-state index contributed by atoms with van der Waals surface area (Å²) in [6.07, 6.45) is 5.18. The molecule has 0 radical (unpaired) electrons. The molecule has 1 amide bonds. The summed E-state index contributed by atoms with van der Waals surface area (Å²) in [5, 5.41) is 10.9. The van der Waals surface area contributed by atoms with Crippen molar-refractivity contribution in [3.05, 3.63) is 29.7 Å². The van der Waals surface area contributed by atoms with Gasteiger partial charge in [0, 0.05) is 37.8 Å². The number of hydrogen-bond donors (Lipinski definition) is 1. The molecule has 0 unspecified atom stereocenters. The van der Waals surface area contributed by atoms with Crippen molar-refractivity contribution in [2.75, 3.05) is 13.6 Å². The molecule has 2 aromatic heterocycles. The van der Waals surface area contributed by atoms with E-state index >= 15 is 0 Å². The van der Waals surface area contributed by atoms with Crippen LogP contribution >= 0.6 is 11.3 Å². The first-order valence-corrected chi connectivity index (χ1v) is 7.15. The molecule has 1 N–H and O–H groups in total. The molecule has 0 aliphatic heterocycles. The van der Waals surface area contributed by atoms with Gasteiger partial charge in [0.25, 0.3) is 5.91 Å². The number of rotatable bonds is 6. The third kappa shape index (κ3) is 4.06. The first-order chi connectivity index (χ1) is 10.1. The summed E-state index contributed by atoms with van der Waals surface area (Å²) in [6, 6.07) is 0. The smallest absolute Gasteiger partial charge is 0.303 e. The topological polar surface area (TPSA) is 96.3 Å². The molecule has 8 heteroatoms. The van der Waals surface area contributed by atoms with Crippen LogP contribution in [-0.2, 0) is 4.79 Å². The molecule has 0 saturated heterocycles. The summed E-state index contributed by atoms with van der Waals surface area (Å²) in [4.78, 5) is 36.4. The Morgan fingerprint density at radius 2 is 2.19 bits per heavy atom. The molecule has 0 fully saturated rings. The molecule has 2 rings (SSSR count). The Balaban J connectivity index is 2.00. The van der Waals surface area contributed by atoms with Gasteiger partial charge in [0.2, 0.25) is 0 Å². The fraction of sp³-hybridized carbons (Fsp3) is 0.308. The molecule has 0 aliphatic rings. The lowest BCUT2D eigenvalue weighted by atomic mass is 10.3. The van der Waals surface area contributed by atoms with E-state index < -0.39 is 5.97 Å². The summed E-state index contributed by atoms with van der Waals surface area (Å²) >= 11 is 1.32. The van der Waals surface area contributed by atoms with Crippen LogP contribution in [0.4, 0.5) is 0 Å². The number of aromatic nitrogens is 3. The van der Waals surface area contributed by atoms with Crippen LogP contribution in [0.25, 0.3) is 10.7 Å². The van der Waals surface area contributed by atoms with E-state index in [1.807, 2.05) is 0 Å². The van der Waals surface area contributed by atoms with Crippen molar-refractivity contribution in [3.8, 4) is 10.7 Å². The molecule has 2 heterocycles. The van der Waals surface area contributed by atoms with Crippen LogP contribution in [0.5, 0.6) is 0 Å². The lowest BCUT2D eigenvalue weighted by molar-refractivity contribution is -0.137. The van der Waals surface area contributed by atoms with E-state index in [1.54, 1.807) is 31.0 Å². The standard InChI is InChI=1S/C13H14N4O3S/c1-17(6-2-3-11(18)19)13(20)10-8-21-12(16-10)9-7-14-4-5-15-9/h4-5,7-8H,2-3,6H2,1H3,(H,18,19). The number of hydrogen-bond acceptors (Lipinski definition) is 6. The summed E-state index contributed by atoms with van der Waals surface area (Å²) in [7, 11) is 1.63. The fourth-order valence-corrected chi connectivity index (χ4v) is 2.42. The van der Waals surface area contributed by atoms with Crippen LogP contribution in [0.1, 0.15) is 23.3 Å². The maximum atomic E-state index is 12.2. The minimum atomic E-state index is -0.866. The molecule has 0 bridgehead atoms. The Hall–Kier alpha value is -2.35. The second-order valence-corrected chi connectivity index (χ2v) is 5.21. The number of amides is 1. The van der Waals surface area contributed by atoms with Crippen LogP contribution in [0.15, 0.2) is 24.0 Å². The highest BCUT2D eigenvalue weighted by molar-refractivity contribution is 7.13. The van der Waals surface area contributed by atoms with Crippen LogP contribution in [-0.4, -0.2) is 50.4 Å². The molecule has 110 valence electrons. The van der Waals surface area contributed by atoms with Crippen LogP contribution < -0.4 is 0 Å². The van der Waals surface area contributed by atoms with E-state index in [4.69, 9.17) is 5.11 Å². The predicted molar refractivity (Wildman–Crippen MR) is 77.0 cm³/mol. The molecule has 0 saturated carbocycles. The van der Waals surface area contributed by atoms with Gasteiger partial charge in [0.05, 0.1) is 6.20 Å². The molecule has 7 nitrogen and oxygen atoms in total. The van der Waals surface area contributed by atoms with Crippen molar-refractivity contribution in [1.82, 2.24) is 19.9 Å². The van der Waals surface area contributed by atoms with E-state index in [1.165, 1.54) is 16.2 Å². The van der Waals surface area contributed by atoms with Gasteiger partial charge in [0.1, 0.15) is 16.4 Å². The largest absolute Gasteiger partial charge is 0.481 e. The highest BCUT2D eigenvalue weighted by Gasteiger charge is 2.16. The Morgan fingerprint density at radius 3 is 2.86 bits per heavy atom. The van der Waals surface area contributed by atoms with Crippen molar-refractivity contribution >= 4 is 23.2 Å². The van der Waals surface area contributed by atoms with E-state index in [-0.39, 0.29) is 12.3 Å². The minimum Gasteiger partial charge on any atom is -0.481 e. The molecule has 0 atom stereocenters. The minimum absolute atomic E-state index is 0.0412. The van der Waals surface area contributed by atoms with Gasteiger partial charge in [-0.25, -0.2) is 4.98 Å². The van der Waals surface area contributed by atoms with Crippen molar-refractivity contribution in [2.24, 2.45) is 0 Å². The van der Waals surface area contributed by atoms with Crippen LogP contribution in [0, 0.1) is 0 Å². The quantitative estimate of drug-likeness (QED) is 0.869. The molecular formula is C13H14N4O3S. The molecule has 0 aromatic carbocycles. The van der Waals surface area contributed by atoms with Crippen molar-refractivity contribution < 1.29 is 14.7 Å². The first kappa shape index (κ1) is 15.0. The van der Waals surface area contributed by atoms with Crippen molar-refractivity contribution in [3.63, 3.8) is 0 Å². The number of carboxylic acids is 1. The zero-order valence-corrected chi connectivity index (χ0v) is 12.2. The van der Waals surface area contributed by atoms with Gasteiger partial charge in [-0.05, 0) is 6.42 Å². The second kappa shape index (κ2) is 6.89. The average molecular weight is 306 g/mol. The number of carbonyl (C=O) groups is 2. The Labute approximate surface area is 125 Å². The molecule has 0 spiro atoms. The van der Waals surface area contributed by atoms with E-state index in [9.17, 15) is 9.59 Å². The maximum absolute atomic E-state index is 12.2. The number of nitrogens with zero attached hydrogens (tertiary/aromatic N) is 4. The van der Waals surface area contributed by atoms with E-state index in [0.717, 1.165) is 0 Å². The summed E-state index contributed by atoms with van der Waals surface area (Å²) < 4.78 is 0. The number of carbonyl (C=O) groups excluding carboxylic acids is 1. The van der Waals surface area contributed by atoms with Gasteiger partial charge in [-0.2, -0.15) is 0 Å². The van der Waals surface area contributed by atoms with Gasteiger partial charge in [0.15, 0.2) is 0 Å². The number of carboxylic acid groups (broad SMARTS) is 1. The zero-order valence-electron chi connectivity index (χ0n) is 11.4. The predicted octanol–water partition coefficient (Wildman–Crippen LogP) is 1.54.